The highest BCUT2D eigenvalue weighted by Crippen LogP contribution is 2.43. The molecule has 1 aliphatic carbocycles. The minimum Gasteiger partial charge on any atom is -0.344 e. The molecule has 0 aromatic heterocycles. The van der Waals surface area contributed by atoms with Crippen molar-refractivity contribution in [2.75, 3.05) is 33.2 Å². The van der Waals surface area contributed by atoms with E-state index in [1.165, 1.54) is 12.1 Å². The van der Waals surface area contributed by atoms with Gasteiger partial charge in [0.15, 0.2) is 0 Å². The Morgan fingerprint density at radius 2 is 1.71 bits per heavy atom. The van der Waals surface area contributed by atoms with Crippen LogP contribution in [0.15, 0.2) is 24.3 Å². The average Bonchev–Trinajstić information content (AvgIpc) is 3.47. The van der Waals surface area contributed by atoms with Crippen LogP contribution in [0.4, 0.5) is 4.39 Å². The summed E-state index contributed by atoms with van der Waals surface area (Å²) in [5.74, 6) is -0.126. The number of hydrogen-bond acceptors (Lipinski definition) is 3. The third kappa shape index (κ3) is 5.31. The number of likely N-dealkylation sites (N-methyl/N-ethyl adjacent to an activating group) is 1. The van der Waals surface area contributed by atoms with Gasteiger partial charge >= 0.3 is 0 Å². The number of amides is 2. The van der Waals surface area contributed by atoms with E-state index in [1.54, 1.807) is 12.1 Å². The number of nitrogens with one attached hydrogen (secondary N) is 1. The summed E-state index contributed by atoms with van der Waals surface area (Å²) in [5, 5.41) is 3.05. The van der Waals surface area contributed by atoms with Crippen LogP contribution in [-0.4, -0.2) is 60.9 Å². The minimum absolute atomic E-state index is 0.0174. The van der Waals surface area contributed by atoms with Crippen LogP contribution in [0.2, 0.25) is 0 Å². The van der Waals surface area contributed by atoms with Gasteiger partial charge in [0.2, 0.25) is 11.8 Å². The number of carbonyl (C=O) groups excluding carboxylic acids is 2. The lowest BCUT2D eigenvalue weighted by Crippen LogP contribution is -2.55. The first-order valence-corrected chi connectivity index (χ1v) is 10.4. The van der Waals surface area contributed by atoms with Crippen LogP contribution >= 0.6 is 0 Å². The molecular weight excluding hydrogens is 357 g/mol. The van der Waals surface area contributed by atoms with Gasteiger partial charge in [-0.2, -0.15) is 0 Å². The average molecular weight is 390 g/mol. The molecule has 1 aromatic rings. The van der Waals surface area contributed by atoms with Crippen LogP contribution in [0.25, 0.3) is 0 Å². The molecule has 1 N–H and O–H groups in total. The van der Waals surface area contributed by atoms with Gasteiger partial charge in [-0.15, -0.1) is 0 Å². The molecule has 3 rings (SSSR count). The zero-order valence-corrected chi connectivity index (χ0v) is 17.2. The first-order valence-electron chi connectivity index (χ1n) is 10.4. The fourth-order valence-corrected chi connectivity index (χ4v) is 3.94. The molecule has 2 atom stereocenters. The number of nitrogens with zero attached hydrogens (tertiary/aromatic N) is 2. The molecule has 154 valence electrons. The molecule has 1 aromatic carbocycles. The van der Waals surface area contributed by atoms with Gasteiger partial charge in [-0.25, -0.2) is 4.39 Å². The lowest BCUT2D eigenvalue weighted by molar-refractivity contribution is -0.138. The maximum Gasteiger partial charge on any atom is 0.245 e. The number of hydrogen-bond donors (Lipinski definition) is 1. The number of piperazine rings is 1. The van der Waals surface area contributed by atoms with E-state index in [4.69, 9.17) is 0 Å². The molecule has 28 heavy (non-hydrogen) atoms. The van der Waals surface area contributed by atoms with Crippen molar-refractivity contribution in [3.8, 4) is 0 Å². The van der Waals surface area contributed by atoms with Crippen molar-refractivity contribution in [3.05, 3.63) is 35.6 Å². The van der Waals surface area contributed by atoms with Crippen molar-refractivity contribution in [2.24, 2.45) is 11.8 Å². The van der Waals surface area contributed by atoms with E-state index < -0.39 is 6.04 Å². The molecule has 1 unspecified atom stereocenters. The molecule has 2 amide bonds. The van der Waals surface area contributed by atoms with Gasteiger partial charge in [-0.3, -0.25) is 9.59 Å². The summed E-state index contributed by atoms with van der Waals surface area (Å²) < 4.78 is 13.3. The van der Waals surface area contributed by atoms with E-state index in [9.17, 15) is 14.0 Å². The largest absolute Gasteiger partial charge is 0.344 e. The summed E-state index contributed by atoms with van der Waals surface area (Å²) in [5.41, 5.74) is 0.830. The lowest BCUT2D eigenvalue weighted by Gasteiger charge is -2.35. The van der Waals surface area contributed by atoms with Crippen LogP contribution in [0.5, 0.6) is 0 Å². The molecule has 2 fully saturated rings. The predicted molar refractivity (Wildman–Crippen MR) is 107 cm³/mol. The second-order valence-electron chi connectivity index (χ2n) is 8.69. The zero-order chi connectivity index (χ0) is 20.3. The maximum atomic E-state index is 13.3. The molecule has 5 nitrogen and oxygen atoms in total. The molecule has 2 aliphatic rings. The van der Waals surface area contributed by atoms with Gasteiger partial charge in [0.25, 0.3) is 0 Å². The fraction of sp³-hybridized carbons (Fsp3) is 0.636. The van der Waals surface area contributed by atoms with Gasteiger partial charge in [0.05, 0.1) is 5.92 Å². The quantitative estimate of drug-likeness (QED) is 0.780. The Labute approximate surface area is 167 Å². The molecule has 1 saturated heterocycles. The van der Waals surface area contributed by atoms with Crippen LogP contribution in [0.3, 0.4) is 0 Å². The normalized spacial score (nSPS) is 20.1. The lowest BCUT2D eigenvalue weighted by atomic mass is 9.92. The summed E-state index contributed by atoms with van der Waals surface area (Å²) in [6.07, 6.45) is 2.62. The topological polar surface area (TPSA) is 52.7 Å². The highest BCUT2D eigenvalue weighted by Gasteiger charge is 2.39. The molecule has 1 aliphatic heterocycles. The Morgan fingerprint density at radius 3 is 2.25 bits per heavy atom. The minimum atomic E-state index is -0.502. The van der Waals surface area contributed by atoms with Gasteiger partial charge in [0, 0.05) is 26.2 Å². The molecule has 0 spiro atoms. The van der Waals surface area contributed by atoms with E-state index in [1.807, 2.05) is 4.90 Å². The summed E-state index contributed by atoms with van der Waals surface area (Å²) in [6, 6.07) is 5.69. The van der Waals surface area contributed by atoms with E-state index in [-0.39, 0.29) is 29.5 Å². The van der Waals surface area contributed by atoms with E-state index in [0.29, 0.717) is 25.4 Å². The fourth-order valence-electron chi connectivity index (χ4n) is 3.94. The van der Waals surface area contributed by atoms with E-state index in [2.05, 4.69) is 31.1 Å². The second kappa shape index (κ2) is 9.03. The Hall–Kier alpha value is -1.95. The predicted octanol–water partition coefficient (Wildman–Crippen LogP) is 2.62. The summed E-state index contributed by atoms with van der Waals surface area (Å²) in [7, 11) is 2.05. The molecule has 0 radical (unpaired) electrons. The van der Waals surface area contributed by atoms with Crippen LogP contribution in [0.1, 0.15) is 44.6 Å². The Balaban J connectivity index is 1.72. The highest BCUT2D eigenvalue weighted by atomic mass is 19.1. The van der Waals surface area contributed by atoms with Crippen molar-refractivity contribution in [2.45, 2.75) is 45.1 Å². The zero-order valence-electron chi connectivity index (χ0n) is 17.2. The Morgan fingerprint density at radius 1 is 1.11 bits per heavy atom. The van der Waals surface area contributed by atoms with Crippen LogP contribution in [-0.2, 0) is 9.59 Å². The summed E-state index contributed by atoms with van der Waals surface area (Å²) >= 11 is 0. The summed E-state index contributed by atoms with van der Waals surface area (Å²) in [4.78, 5) is 30.3. The molecule has 0 bridgehead atoms. The van der Waals surface area contributed by atoms with Gasteiger partial charge < -0.3 is 15.1 Å². The van der Waals surface area contributed by atoms with Crippen molar-refractivity contribution in [1.29, 1.82) is 0 Å². The standard InChI is InChI=1S/C22H32FN3O2/c1-15(2)14-19(22(28)26-12-10-25(3)11-13-26)24-21(27)20(16-4-5-16)17-6-8-18(23)9-7-17/h6-9,15-16,19-20H,4-5,10-14H2,1-3H3,(H,24,27)/t19-,20?/m0/s1. The van der Waals surface area contributed by atoms with Gasteiger partial charge in [-0.05, 0) is 55.8 Å². The molecule has 6 heteroatoms. The van der Waals surface area contributed by atoms with Gasteiger partial charge in [-0.1, -0.05) is 26.0 Å². The van der Waals surface area contributed by atoms with E-state index >= 15 is 0 Å². The van der Waals surface area contributed by atoms with Crippen molar-refractivity contribution < 1.29 is 14.0 Å². The monoisotopic (exact) mass is 389 g/mol. The van der Waals surface area contributed by atoms with Crippen LogP contribution in [0, 0.1) is 17.7 Å². The number of carbonyl (C=O) groups is 2. The smallest absolute Gasteiger partial charge is 0.245 e. The third-order valence-corrected chi connectivity index (χ3v) is 5.74. The first kappa shape index (κ1) is 20.8. The summed E-state index contributed by atoms with van der Waals surface area (Å²) in [6.45, 7) is 7.24. The Bertz CT molecular complexity index is 680. The molecular formula is C22H32FN3O2. The number of benzene rings is 1. The van der Waals surface area contributed by atoms with Crippen molar-refractivity contribution in [3.63, 3.8) is 0 Å². The van der Waals surface area contributed by atoms with Crippen molar-refractivity contribution in [1.82, 2.24) is 15.1 Å². The van der Waals surface area contributed by atoms with Gasteiger partial charge in [0.1, 0.15) is 11.9 Å². The highest BCUT2D eigenvalue weighted by molar-refractivity contribution is 5.91. The van der Waals surface area contributed by atoms with Crippen LogP contribution < -0.4 is 5.32 Å². The molecule has 1 heterocycles. The first-order chi connectivity index (χ1) is 13.3. The molecule has 1 saturated carbocycles. The SMILES string of the molecule is CC(C)C[C@H](NC(=O)C(c1ccc(F)cc1)C1CC1)C(=O)N1CCN(C)CC1. The maximum absolute atomic E-state index is 13.3. The Kier molecular flexibility index (Phi) is 6.70. The number of halogens is 1. The van der Waals surface area contributed by atoms with E-state index in [0.717, 1.165) is 31.5 Å². The van der Waals surface area contributed by atoms with Crippen molar-refractivity contribution >= 4 is 11.8 Å². The number of rotatable bonds is 7. The second-order valence-corrected chi connectivity index (χ2v) is 8.69. The third-order valence-electron chi connectivity index (χ3n) is 5.74.